The van der Waals surface area contributed by atoms with Crippen LogP contribution in [0.2, 0.25) is 0 Å². The van der Waals surface area contributed by atoms with Crippen molar-refractivity contribution in [3.63, 3.8) is 0 Å². The predicted octanol–water partition coefficient (Wildman–Crippen LogP) is 26.2. The Balaban J connectivity index is 0.0000000953. The highest BCUT2D eigenvalue weighted by Crippen LogP contribution is 2.45. The number of aryl methyl sites for hydroxylation is 5. The summed E-state index contributed by atoms with van der Waals surface area (Å²) in [4.78, 5) is 0. The monoisotopic (exact) mass is 1210 g/mol. The Morgan fingerprint density at radius 2 is 0.611 bits per heavy atom. The molecule has 0 atom stereocenters. The van der Waals surface area contributed by atoms with Crippen molar-refractivity contribution >= 4 is 86.2 Å². The van der Waals surface area contributed by atoms with Crippen molar-refractivity contribution in [2.45, 2.75) is 47.5 Å². The summed E-state index contributed by atoms with van der Waals surface area (Å²) in [6.07, 6.45) is 2.19. The maximum Gasteiger partial charge on any atom is -0.00108 e. The summed E-state index contributed by atoms with van der Waals surface area (Å²) in [7, 11) is 0. The van der Waals surface area contributed by atoms with Crippen LogP contribution in [0.1, 0.15) is 50.1 Å². The minimum absolute atomic E-state index is 1.08. The topological polar surface area (TPSA) is 0 Å². The van der Waals surface area contributed by atoms with E-state index < -0.39 is 0 Å². The van der Waals surface area contributed by atoms with E-state index in [-0.39, 0.29) is 0 Å². The second kappa shape index (κ2) is 24.9. The van der Waals surface area contributed by atoms with Crippen LogP contribution in [0, 0.1) is 34.6 Å². The standard InChI is InChI=1S/C27H20.C20H16.2C17H12.C14H12/c1-19-16-17-24-25(18-19)27(21-12-6-3-7-13-21)23-15-9-8-14-22(23)26(24)20-10-4-2-5-11-20;1-14-6-5-9-18-19(14)13-17-11-10-16(12-20(17)18)15-7-3-2-4-8-15;1-11-9-14-7-5-12-3-2-4-13-6-8-15(10-11)17(14)16(12)13;1-11-5-6-14-8-7-12-3-2-4-13-9-10-15(11)17(14)16(12)13;1-10-5-4-8-13-12-7-3-2-6-11(12)9-14(10)13/h2-18H,1H3;2-12H,13H2,1H3;2*2-10H,1H3;2-8H,9H2,1H3. The van der Waals surface area contributed by atoms with Crippen molar-refractivity contribution in [3.8, 4) is 55.6 Å². The van der Waals surface area contributed by atoms with Crippen LogP contribution in [0.15, 0.2) is 322 Å². The van der Waals surface area contributed by atoms with E-state index >= 15 is 0 Å². The lowest BCUT2D eigenvalue weighted by Gasteiger charge is -2.18. The SMILES string of the molecule is Cc1cc2ccc3cccc4ccc(c1)c2c34.Cc1ccc2c(-c3ccccc3)c3ccccc3c(-c3ccccc3)c2c1.Cc1ccc2ccc3cccc4ccc1c2c34.Cc1cccc2c1Cc1ccc(-c3ccccc3)cc1-2.Cc1cccc2c1Cc1ccccc1-2. The van der Waals surface area contributed by atoms with E-state index in [0.717, 1.165) is 12.8 Å². The van der Waals surface area contributed by atoms with Crippen molar-refractivity contribution < 1.29 is 0 Å². The fourth-order valence-corrected chi connectivity index (χ4v) is 15.4. The van der Waals surface area contributed by atoms with E-state index in [9.17, 15) is 0 Å². The molecular formula is C95H72. The molecule has 0 amide bonds. The normalized spacial score (nSPS) is 11.8. The Bertz CT molecular complexity index is 5790. The Morgan fingerprint density at radius 3 is 1.20 bits per heavy atom. The predicted molar refractivity (Wildman–Crippen MR) is 411 cm³/mol. The Labute approximate surface area is 557 Å². The molecule has 0 bridgehead atoms. The quantitative estimate of drug-likeness (QED) is 0.122. The zero-order chi connectivity index (χ0) is 64.1. The second-order valence-electron chi connectivity index (χ2n) is 26.1. The van der Waals surface area contributed by atoms with Crippen LogP contribution in [-0.4, -0.2) is 0 Å². The lowest BCUT2D eigenvalue weighted by atomic mass is 9.85. The zero-order valence-corrected chi connectivity index (χ0v) is 54.5. The first-order valence-corrected chi connectivity index (χ1v) is 33.5. The Hall–Kier alpha value is -11.4. The first-order valence-electron chi connectivity index (χ1n) is 33.5. The van der Waals surface area contributed by atoms with Gasteiger partial charge in [-0.2, -0.15) is 0 Å². The average Bonchev–Trinajstić information content (AvgIpc) is 1.71. The highest BCUT2D eigenvalue weighted by atomic mass is 14.3. The third-order valence-electron chi connectivity index (χ3n) is 20.0. The van der Waals surface area contributed by atoms with Gasteiger partial charge in [-0.3, -0.25) is 0 Å². The molecule has 0 radical (unpaired) electrons. The maximum atomic E-state index is 2.34. The lowest BCUT2D eigenvalue weighted by molar-refractivity contribution is 1.22. The van der Waals surface area contributed by atoms with Gasteiger partial charge in [-0.05, 0) is 240 Å². The number of rotatable bonds is 3. The molecule has 0 saturated heterocycles. The summed E-state index contributed by atoms with van der Waals surface area (Å²) in [5.41, 5.74) is 26.2. The number of hydrogen-bond acceptors (Lipinski definition) is 0. The van der Waals surface area contributed by atoms with Crippen LogP contribution in [0.5, 0.6) is 0 Å². The minimum Gasteiger partial charge on any atom is -0.0622 e. The first kappa shape index (κ1) is 58.6. The summed E-state index contributed by atoms with van der Waals surface area (Å²) >= 11 is 0. The molecule has 0 heterocycles. The second-order valence-corrected chi connectivity index (χ2v) is 26.1. The van der Waals surface area contributed by atoms with Crippen LogP contribution < -0.4 is 0 Å². The van der Waals surface area contributed by atoms with Gasteiger partial charge < -0.3 is 0 Å². The molecule has 18 aromatic carbocycles. The molecule has 452 valence electrons. The molecule has 0 saturated carbocycles. The van der Waals surface area contributed by atoms with Gasteiger partial charge in [0.1, 0.15) is 0 Å². The first-order chi connectivity index (χ1) is 46.7. The molecule has 0 N–H and O–H groups in total. The van der Waals surface area contributed by atoms with Gasteiger partial charge in [-0.25, -0.2) is 0 Å². The summed E-state index contributed by atoms with van der Waals surface area (Å²) in [5.74, 6) is 0. The molecule has 20 rings (SSSR count). The fraction of sp³-hybridized carbons (Fsp3) is 0.0737. The van der Waals surface area contributed by atoms with E-state index in [0.29, 0.717) is 0 Å². The van der Waals surface area contributed by atoms with E-state index in [1.54, 1.807) is 0 Å². The summed E-state index contributed by atoms with van der Waals surface area (Å²) in [6, 6.07) is 116. The Kier molecular flexibility index (Phi) is 15.4. The van der Waals surface area contributed by atoms with E-state index in [1.165, 1.54) is 192 Å². The highest BCUT2D eigenvalue weighted by molar-refractivity contribution is 6.25. The molecule has 0 nitrogen and oxygen atoms in total. The molecule has 95 heavy (non-hydrogen) atoms. The van der Waals surface area contributed by atoms with E-state index in [2.05, 4.69) is 356 Å². The number of fused-ring (bicyclic) bond motifs is 8. The van der Waals surface area contributed by atoms with Gasteiger partial charge in [-0.1, -0.05) is 321 Å². The van der Waals surface area contributed by atoms with Crippen LogP contribution >= 0.6 is 0 Å². The van der Waals surface area contributed by atoms with Crippen molar-refractivity contribution in [1.29, 1.82) is 0 Å². The van der Waals surface area contributed by atoms with Crippen molar-refractivity contribution in [2.24, 2.45) is 0 Å². The molecule has 2 aliphatic carbocycles. The van der Waals surface area contributed by atoms with Gasteiger partial charge in [0.25, 0.3) is 0 Å². The number of hydrogen-bond donors (Lipinski definition) is 0. The van der Waals surface area contributed by atoms with Gasteiger partial charge in [-0.15, -0.1) is 0 Å². The third-order valence-corrected chi connectivity index (χ3v) is 20.0. The van der Waals surface area contributed by atoms with Gasteiger partial charge in [0, 0.05) is 0 Å². The van der Waals surface area contributed by atoms with Crippen molar-refractivity contribution in [3.05, 3.63) is 372 Å². The largest absolute Gasteiger partial charge is 0.0622 e. The molecule has 18 aromatic rings. The minimum atomic E-state index is 1.08. The molecular weight excluding hydrogens is 1140 g/mol. The molecule has 2 aliphatic rings. The van der Waals surface area contributed by atoms with Gasteiger partial charge in [0.15, 0.2) is 0 Å². The smallest absolute Gasteiger partial charge is 0.00108 e. The van der Waals surface area contributed by atoms with Crippen LogP contribution in [0.25, 0.3) is 142 Å². The van der Waals surface area contributed by atoms with Crippen LogP contribution in [0.4, 0.5) is 0 Å². The summed E-state index contributed by atoms with van der Waals surface area (Å²) in [5, 5.41) is 21.7. The summed E-state index contributed by atoms with van der Waals surface area (Å²) in [6.45, 7) is 10.9. The molecule has 0 aromatic heterocycles. The Morgan fingerprint density at radius 1 is 0.200 bits per heavy atom. The molecule has 0 heteroatoms. The number of benzene rings is 18. The average molecular weight is 1210 g/mol. The third kappa shape index (κ3) is 10.9. The van der Waals surface area contributed by atoms with Crippen LogP contribution in [-0.2, 0) is 12.8 Å². The molecule has 0 aliphatic heterocycles. The van der Waals surface area contributed by atoms with Gasteiger partial charge in [0.2, 0.25) is 0 Å². The highest BCUT2D eigenvalue weighted by Gasteiger charge is 2.22. The molecule has 0 fully saturated rings. The van der Waals surface area contributed by atoms with Crippen molar-refractivity contribution in [2.75, 3.05) is 0 Å². The molecule has 0 spiro atoms. The lowest BCUT2D eigenvalue weighted by Crippen LogP contribution is -1.91. The van der Waals surface area contributed by atoms with Gasteiger partial charge in [0.05, 0.1) is 0 Å². The maximum absolute atomic E-state index is 2.34. The van der Waals surface area contributed by atoms with Gasteiger partial charge >= 0.3 is 0 Å². The summed E-state index contributed by atoms with van der Waals surface area (Å²) < 4.78 is 0. The van der Waals surface area contributed by atoms with Crippen LogP contribution in [0.3, 0.4) is 0 Å². The zero-order valence-electron chi connectivity index (χ0n) is 54.5. The van der Waals surface area contributed by atoms with E-state index in [1.807, 2.05) is 0 Å². The fourth-order valence-electron chi connectivity index (χ4n) is 15.4. The van der Waals surface area contributed by atoms with E-state index in [4.69, 9.17) is 0 Å². The van der Waals surface area contributed by atoms with Crippen molar-refractivity contribution in [1.82, 2.24) is 0 Å². The molecule has 0 unspecified atom stereocenters.